The van der Waals surface area contributed by atoms with E-state index in [-0.39, 0.29) is 64.0 Å². The van der Waals surface area contributed by atoms with Gasteiger partial charge in [0.2, 0.25) is 21.7 Å². The van der Waals surface area contributed by atoms with Gasteiger partial charge >= 0.3 is 11.9 Å². The van der Waals surface area contributed by atoms with Gasteiger partial charge in [0.25, 0.3) is 0 Å². The molecule has 27 heteroatoms. The lowest BCUT2D eigenvalue weighted by molar-refractivity contribution is -0.191. The standard InChI is InChI=1S/C32H58N8O17S2/c1-15(43)37-21-17(39-29(33)34)11-31(27(49)50,56-25(21)23(47)19(45)13-41)58-9-7-54-5-3-53-4-6-55-8-10-59-32(28(51)52)12-18(40-30(35)36)22(38-16(2)44)26(57-32)24(48)20(46)14-42/h17-26,41-42,45-48H,3-14H2,1-2H3,(H,37,43)(H,38,44)(H,49,50)(H,51,52)(H4,33,34,39)(H4,35,36,40)/t17-,18-,19+,20+,21+,22+,23+,24+,25+,26+,31?,32?/m0/s1. The highest BCUT2D eigenvalue weighted by molar-refractivity contribution is 8.01. The Bertz CT molecular complexity index is 1330. The number of carbonyl (C=O) groups excluding carboxylic acids is 2. The van der Waals surface area contributed by atoms with Gasteiger partial charge in [-0.15, -0.1) is 23.5 Å². The Balaban J connectivity index is 1.89. The van der Waals surface area contributed by atoms with Crippen LogP contribution in [-0.2, 0) is 42.9 Å². The molecule has 0 radical (unpaired) electrons. The quantitative estimate of drug-likeness (QED) is 0.0218. The van der Waals surface area contributed by atoms with Crippen LogP contribution in [0.15, 0.2) is 9.98 Å². The number of aliphatic carboxylic acids is 2. The van der Waals surface area contributed by atoms with Crippen molar-refractivity contribution in [3.63, 3.8) is 0 Å². The zero-order chi connectivity index (χ0) is 44.5. The van der Waals surface area contributed by atoms with E-state index in [1.165, 1.54) is 13.8 Å². The number of ether oxygens (including phenoxy) is 5. The number of carbonyl (C=O) groups is 4. The first-order valence-electron chi connectivity index (χ1n) is 18.2. The molecule has 0 saturated carbocycles. The highest BCUT2D eigenvalue weighted by Crippen LogP contribution is 2.43. The summed E-state index contributed by atoms with van der Waals surface area (Å²) in [4.78, 5) is 53.1. The molecular formula is C32H58N8O17S2. The molecule has 18 N–H and O–H groups in total. The van der Waals surface area contributed by atoms with Crippen molar-refractivity contribution in [3.8, 4) is 0 Å². The van der Waals surface area contributed by atoms with E-state index in [4.69, 9.17) is 46.6 Å². The number of thioether (sulfide) groups is 2. The van der Waals surface area contributed by atoms with Crippen LogP contribution < -0.4 is 33.6 Å². The number of nitrogens with zero attached hydrogens (tertiary/aromatic N) is 2. The predicted molar refractivity (Wildman–Crippen MR) is 210 cm³/mol. The van der Waals surface area contributed by atoms with Crippen molar-refractivity contribution < 1.29 is 83.7 Å². The Morgan fingerprint density at radius 3 is 1.25 bits per heavy atom. The molecular weight excluding hydrogens is 833 g/mol. The van der Waals surface area contributed by atoms with E-state index in [1.807, 2.05) is 0 Å². The molecule has 25 nitrogen and oxygen atoms in total. The zero-order valence-corrected chi connectivity index (χ0v) is 34.2. The van der Waals surface area contributed by atoms with Crippen molar-refractivity contribution in [1.29, 1.82) is 0 Å². The third-order valence-electron chi connectivity index (χ3n) is 8.87. The highest BCUT2D eigenvalue weighted by atomic mass is 32.2. The largest absolute Gasteiger partial charge is 0.478 e. The van der Waals surface area contributed by atoms with Gasteiger partial charge in [0, 0.05) is 38.2 Å². The molecule has 0 spiro atoms. The molecule has 2 aliphatic heterocycles. The average Bonchev–Trinajstić information content (AvgIpc) is 3.16. The van der Waals surface area contributed by atoms with Crippen LogP contribution in [0.2, 0.25) is 0 Å². The fourth-order valence-corrected chi connectivity index (χ4v) is 8.51. The summed E-state index contributed by atoms with van der Waals surface area (Å²) in [5.74, 6) is -4.79. The van der Waals surface area contributed by atoms with E-state index in [1.54, 1.807) is 0 Å². The number of guanidine groups is 2. The molecule has 2 unspecified atom stereocenters. The Hall–Kier alpha value is -3.32. The fourth-order valence-electron chi connectivity index (χ4n) is 6.26. The van der Waals surface area contributed by atoms with E-state index in [0.717, 1.165) is 23.5 Å². The van der Waals surface area contributed by atoms with E-state index in [9.17, 15) is 60.0 Å². The van der Waals surface area contributed by atoms with Crippen LogP contribution in [0.3, 0.4) is 0 Å². The molecule has 2 heterocycles. The molecule has 340 valence electrons. The third-order valence-corrected chi connectivity index (χ3v) is 11.4. The number of aliphatic hydroxyl groups is 6. The number of hydrogen-bond donors (Lipinski definition) is 14. The molecule has 0 aromatic heterocycles. The number of carboxylic acid groups (broad SMARTS) is 2. The second-order valence-corrected chi connectivity index (χ2v) is 16.1. The van der Waals surface area contributed by atoms with E-state index >= 15 is 0 Å². The van der Waals surface area contributed by atoms with Gasteiger partial charge in [-0.3, -0.25) is 9.59 Å². The number of carboxylic acids is 2. The summed E-state index contributed by atoms with van der Waals surface area (Å²) in [6.45, 7) is 1.02. The Morgan fingerprint density at radius 1 is 0.661 bits per heavy atom. The number of nitrogens with two attached hydrogens (primary N) is 4. The van der Waals surface area contributed by atoms with Crippen molar-refractivity contribution in [2.75, 3.05) is 64.4 Å². The normalized spacial score (nSPS) is 28.9. The summed E-state index contributed by atoms with van der Waals surface area (Å²) >= 11 is 1.61. The molecule has 0 aliphatic carbocycles. The van der Waals surface area contributed by atoms with Gasteiger partial charge in [-0.2, -0.15) is 0 Å². The van der Waals surface area contributed by atoms with Gasteiger partial charge in [0.15, 0.2) is 11.9 Å². The molecule has 12 atom stereocenters. The van der Waals surface area contributed by atoms with Crippen LogP contribution >= 0.6 is 23.5 Å². The average molecular weight is 891 g/mol. The number of amides is 2. The minimum atomic E-state index is -2.06. The van der Waals surface area contributed by atoms with E-state index in [2.05, 4.69) is 20.6 Å². The van der Waals surface area contributed by atoms with E-state index < -0.39 is 120 Å². The van der Waals surface area contributed by atoms with Gasteiger partial charge < -0.3 is 98.1 Å². The second kappa shape index (κ2) is 24.8. The molecule has 59 heavy (non-hydrogen) atoms. The Kier molecular flexibility index (Phi) is 21.8. The van der Waals surface area contributed by atoms with Crippen LogP contribution in [0, 0.1) is 0 Å². The predicted octanol–water partition coefficient (Wildman–Crippen LogP) is -6.64. The summed E-state index contributed by atoms with van der Waals surface area (Å²) < 4.78 is 28.3. The van der Waals surface area contributed by atoms with Gasteiger partial charge in [-0.1, -0.05) is 0 Å². The SMILES string of the molecule is CC(=O)N[C@H]1[C@H]([C@H](O)[C@H](O)CO)OC(SCCOCCOCCOCCSC2(C(=O)O)C[C@H](N=C(N)N)[C@@H](NC(C)=O)[C@H]([C@H](O)[C@H](O)CO)O2)(C(=O)O)C[C@@H]1N=C(N)N. The summed E-state index contributed by atoms with van der Waals surface area (Å²) in [6.07, 6.45) is -11.0. The van der Waals surface area contributed by atoms with Crippen molar-refractivity contribution in [3.05, 3.63) is 0 Å². The van der Waals surface area contributed by atoms with Crippen molar-refractivity contribution in [1.82, 2.24) is 10.6 Å². The lowest BCUT2D eigenvalue weighted by Gasteiger charge is -2.47. The Labute approximate surface area is 347 Å². The third kappa shape index (κ3) is 15.6. The maximum Gasteiger partial charge on any atom is 0.346 e. The molecule has 2 rings (SSSR count). The molecule has 0 aromatic carbocycles. The summed E-state index contributed by atoms with van der Waals surface area (Å²) in [7, 11) is 0. The number of aliphatic imine (C=N–C) groups is 2. The van der Waals surface area contributed by atoms with Crippen molar-refractivity contribution in [2.45, 2.75) is 97.3 Å². The molecule has 2 saturated heterocycles. The summed E-state index contributed by atoms with van der Waals surface area (Å²) in [5.41, 5.74) is 22.3. The molecule has 2 fully saturated rings. The highest BCUT2D eigenvalue weighted by Gasteiger charge is 2.57. The van der Waals surface area contributed by atoms with Crippen LogP contribution in [0.1, 0.15) is 26.7 Å². The molecule has 0 bridgehead atoms. The summed E-state index contributed by atoms with van der Waals surface area (Å²) in [5, 5.41) is 86.1. The number of nitrogens with one attached hydrogen (secondary N) is 2. The fraction of sp³-hybridized carbons (Fsp3) is 0.812. The van der Waals surface area contributed by atoms with Gasteiger partial charge in [-0.25, -0.2) is 19.6 Å². The van der Waals surface area contributed by atoms with Crippen LogP contribution in [0.25, 0.3) is 0 Å². The van der Waals surface area contributed by atoms with E-state index in [0.29, 0.717) is 0 Å². The van der Waals surface area contributed by atoms with Gasteiger partial charge in [0.05, 0.1) is 77.0 Å². The van der Waals surface area contributed by atoms with Crippen molar-refractivity contribution >= 4 is 59.2 Å². The maximum absolute atomic E-state index is 12.6. The first-order valence-corrected chi connectivity index (χ1v) is 20.2. The number of hydrogen-bond acceptors (Lipinski definition) is 19. The Morgan fingerprint density at radius 2 is 0.983 bits per heavy atom. The topological polar surface area (TPSA) is 429 Å². The zero-order valence-electron chi connectivity index (χ0n) is 32.5. The van der Waals surface area contributed by atoms with Crippen molar-refractivity contribution in [2.24, 2.45) is 32.9 Å². The van der Waals surface area contributed by atoms with Gasteiger partial charge in [-0.05, 0) is 0 Å². The maximum atomic E-state index is 12.6. The monoisotopic (exact) mass is 890 g/mol. The lowest BCUT2D eigenvalue weighted by atomic mass is 9.88. The van der Waals surface area contributed by atoms with Gasteiger partial charge in [0.1, 0.15) is 36.6 Å². The first-order chi connectivity index (χ1) is 27.7. The lowest BCUT2D eigenvalue weighted by Crippen LogP contribution is -2.66. The second-order valence-electron chi connectivity index (χ2n) is 13.4. The minimum Gasteiger partial charge on any atom is -0.478 e. The van der Waals surface area contributed by atoms with Crippen LogP contribution in [0.5, 0.6) is 0 Å². The number of aliphatic hydroxyl groups excluding tert-OH is 6. The molecule has 2 aliphatic rings. The number of rotatable bonds is 26. The van der Waals surface area contributed by atoms with Crippen LogP contribution in [0.4, 0.5) is 0 Å². The summed E-state index contributed by atoms with van der Waals surface area (Å²) in [6, 6.07) is -4.55. The molecule has 0 aromatic rings. The minimum absolute atomic E-state index is 0.0224. The van der Waals surface area contributed by atoms with Crippen LogP contribution in [-0.4, -0.2) is 212 Å². The smallest absolute Gasteiger partial charge is 0.346 e. The molecule has 2 amide bonds. The first kappa shape index (κ1) is 51.8.